The normalized spacial score (nSPS) is 12.8. The first-order valence-corrected chi connectivity index (χ1v) is 9.07. The average molecular weight is 397 g/mol. The molecule has 0 saturated heterocycles. The lowest BCUT2D eigenvalue weighted by Crippen LogP contribution is -2.26. The van der Waals surface area contributed by atoms with Crippen molar-refractivity contribution in [3.63, 3.8) is 0 Å². The molecule has 1 aliphatic heterocycles. The third kappa shape index (κ3) is 3.11. The second-order valence-electron chi connectivity index (χ2n) is 6.06. The third-order valence-electron chi connectivity index (χ3n) is 4.28. The van der Waals surface area contributed by atoms with Crippen molar-refractivity contribution in [3.8, 4) is 0 Å². The Morgan fingerprint density at radius 2 is 1.86 bits per heavy atom. The lowest BCUT2D eigenvalue weighted by molar-refractivity contribution is 0.0986. The van der Waals surface area contributed by atoms with E-state index in [9.17, 15) is 18.4 Å². The van der Waals surface area contributed by atoms with Crippen LogP contribution in [0, 0.1) is 11.6 Å². The molecule has 0 radical (unpaired) electrons. The molecule has 1 N–H and O–H groups in total. The number of fused-ring (bicyclic) bond motifs is 2. The van der Waals surface area contributed by atoms with Crippen LogP contribution in [-0.4, -0.2) is 23.8 Å². The van der Waals surface area contributed by atoms with E-state index in [-0.39, 0.29) is 11.6 Å². The zero-order valence-electron chi connectivity index (χ0n) is 14.6. The van der Waals surface area contributed by atoms with Crippen molar-refractivity contribution >= 4 is 35.0 Å². The molecule has 0 unspecified atom stereocenters. The Kier molecular flexibility index (Phi) is 4.56. The number of anilines is 2. The highest BCUT2D eigenvalue weighted by atomic mass is 32.2. The second-order valence-corrected chi connectivity index (χ2v) is 7.09. The number of hydrogen-bond donors (Lipinski definition) is 1. The Bertz CT molecular complexity index is 1100. The largest absolute Gasteiger partial charge is 0.322 e. The smallest absolute Gasteiger partial charge is 0.261 e. The molecule has 8 heteroatoms. The van der Waals surface area contributed by atoms with Gasteiger partial charge in [-0.3, -0.25) is 9.59 Å². The lowest BCUT2D eigenvalue weighted by Gasteiger charge is -2.16. The Labute approximate surface area is 163 Å². The molecule has 5 nitrogen and oxygen atoms in total. The maximum atomic E-state index is 13.8. The number of amides is 2. The summed E-state index contributed by atoms with van der Waals surface area (Å²) in [5.41, 5.74) is 0.615. The number of aromatic nitrogens is 1. The van der Waals surface area contributed by atoms with Crippen molar-refractivity contribution in [1.29, 1.82) is 0 Å². The van der Waals surface area contributed by atoms with Crippen molar-refractivity contribution in [3.05, 3.63) is 77.5 Å². The predicted octanol–water partition coefficient (Wildman–Crippen LogP) is 4.35. The summed E-state index contributed by atoms with van der Waals surface area (Å²) < 4.78 is 27.6. The molecule has 28 heavy (non-hydrogen) atoms. The number of carbonyl (C=O) groups is 2. The summed E-state index contributed by atoms with van der Waals surface area (Å²) in [6, 6.07) is 11.5. The molecule has 0 aliphatic carbocycles. The summed E-state index contributed by atoms with van der Waals surface area (Å²) in [5.74, 6) is -3.12. The van der Waals surface area contributed by atoms with Gasteiger partial charge in [0.1, 0.15) is 22.2 Å². The van der Waals surface area contributed by atoms with Gasteiger partial charge in [-0.2, -0.15) is 0 Å². The molecule has 0 spiro atoms. The van der Waals surface area contributed by atoms with E-state index < -0.39 is 23.1 Å². The molecule has 0 atom stereocenters. The van der Waals surface area contributed by atoms with Crippen LogP contribution in [0.3, 0.4) is 0 Å². The van der Waals surface area contributed by atoms with Gasteiger partial charge in [-0.05, 0) is 42.5 Å². The van der Waals surface area contributed by atoms with Gasteiger partial charge in [0, 0.05) is 23.8 Å². The molecule has 0 bridgehead atoms. The lowest BCUT2D eigenvalue weighted by atomic mass is 10.1. The maximum absolute atomic E-state index is 13.8. The van der Waals surface area contributed by atoms with E-state index in [0.29, 0.717) is 21.2 Å². The van der Waals surface area contributed by atoms with E-state index >= 15 is 0 Å². The Morgan fingerprint density at radius 1 is 1.11 bits per heavy atom. The minimum absolute atomic E-state index is 0.257. The van der Waals surface area contributed by atoms with E-state index in [4.69, 9.17) is 0 Å². The van der Waals surface area contributed by atoms with E-state index in [1.165, 1.54) is 28.8 Å². The fourth-order valence-corrected chi connectivity index (χ4v) is 3.91. The van der Waals surface area contributed by atoms with Gasteiger partial charge < -0.3 is 10.2 Å². The Balaban J connectivity index is 1.68. The van der Waals surface area contributed by atoms with E-state index in [1.54, 1.807) is 37.5 Å². The first-order chi connectivity index (χ1) is 13.5. The van der Waals surface area contributed by atoms with Crippen molar-refractivity contribution in [2.45, 2.75) is 9.92 Å². The van der Waals surface area contributed by atoms with Crippen LogP contribution in [0.4, 0.5) is 20.2 Å². The van der Waals surface area contributed by atoms with Gasteiger partial charge in [-0.15, -0.1) is 0 Å². The van der Waals surface area contributed by atoms with E-state index in [1.807, 2.05) is 0 Å². The van der Waals surface area contributed by atoms with Gasteiger partial charge >= 0.3 is 0 Å². The van der Waals surface area contributed by atoms with E-state index in [2.05, 4.69) is 10.3 Å². The van der Waals surface area contributed by atoms with Crippen LogP contribution in [-0.2, 0) is 0 Å². The first kappa shape index (κ1) is 18.1. The fraction of sp³-hybridized carbons (Fsp3) is 0.0500. The molecule has 140 valence electrons. The van der Waals surface area contributed by atoms with Gasteiger partial charge in [0.2, 0.25) is 0 Å². The molecule has 2 heterocycles. The molecule has 2 amide bonds. The molecule has 2 aromatic carbocycles. The summed E-state index contributed by atoms with van der Waals surface area (Å²) in [4.78, 5) is 31.6. The summed E-state index contributed by atoms with van der Waals surface area (Å²) >= 11 is 1.33. The third-order valence-corrected chi connectivity index (χ3v) is 5.37. The highest BCUT2D eigenvalue weighted by Crippen LogP contribution is 2.40. The van der Waals surface area contributed by atoms with Crippen LogP contribution >= 0.6 is 11.8 Å². The molecule has 0 fully saturated rings. The molecule has 1 aliphatic rings. The number of benzene rings is 2. The fourth-order valence-electron chi connectivity index (χ4n) is 2.88. The van der Waals surface area contributed by atoms with Gasteiger partial charge in [-0.25, -0.2) is 13.8 Å². The molecular weight excluding hydrogens is 384 g/mol. The monoisotopic (exact) mass is 397 g/mol. The summed E-state index contributed by atoms with van der Waals surface area (Å²) in [6.07, 6.45) is 1.65. The van der Waals surface area contributed by atoms with Crippen molar-refractivity contribution < 1.29 is 18.4 Å². The van der Waals surface area contributed by atoms with Gasteiger partial charge in [0.15, 0.2) is 0 Å². The van der Waals surface area contributed by atoms with Gasteiger partial charge in [0.05, 0.1) is 11.3 Å². The number of rotatable bonds is 2. The van der Waals surface area contributed by atoms with Crippen LogP contribution in [0.1, 0.15) is 20.7 Å². The summed E-state index contributed by atoms with van der Waals surface area (Å²) in [5, 5.41) is 3.14. The SMILES string of the molecule is CN1C(=O)c2cc(NC(=O)c3c(F)cccc3F)ccc2Sc2ncccc21. The topological polar surface area (TPSA) is 62.3 Å². The summed E-state index contributed by atoms with van der Waals surface area (Å²) in [6.45, 7) is 0. The Hall–Kier alpha value is -3.26. The van der Waals surface area contributed by atoms with Gasteiger partial charge in [0.25, 0.3) is 11.8 Å². The molecule has 4 rings (SSSR count). The standard InChI is InChI=1S/C20H13F2N3O2S/c1-25-15-6-3-9-23-19(15)28-16-8-7-11(10-12(16)20(25)27)24-18(26)17-13(21)4-2-5-14(17)22/h2-10H,1H3,(H,24,26). The van der Waals surface area contributed by atoms with Crippen LogP contribution < -0.4 is 10.2 Å². The van der Waals surface area contributed by atoms with Crippen LogP contribution in [0.5, 0.6) is 0 Å². The maximum Gasteiger partial charge on any atom is 0.261 e. The van der Waals surface area contributed by atoms with Crippen LogP contribution in [0.25, 0.3) is 0 Å². The molecule has 0 saturated carbocycles. The number of hydrogen-bond acceptors (Lipinski definition) is 4. The highest BCUT2D eigenvalue weighted by molar-refractivity contribution is 7.99. The first-order valence-electron chi connectivity index (χ1n) is 8.26. The highest BCUT2D eigenvalue weighted by Gasteiger charge is 2.26. The number of nitrogens with one attached hydrogen (secondary N) is 1. The number of nitrogens with zero attached hydrogens (tertiary/aromatic N) is 2. The number of halogens is 2. The molecule has 1 aromatic heterocycles. The summed E-state index contributed by atoms with van der Waals surface area (Å²) in [7, 11) is 1.64. The van der Waals surface area contributed by atoms with Crippen LogP contribution in [0.2, 0.25) is 0 Å². The zero-order valence-corrected chi connectivity index (χ0v) is 15.4. The average Bonchev–Trinajstić information content (AvgIpc) is 2.77. The van der Waals surface area contributed by atoms with E-state index in [0.717, 1.165) is 12.1 Å². The van der Waals surface area contributed by atoms with Crippen LogP contribution in [0.15, 0.2) is 64.6 Å². The van der Waals surface area contributed by atoms with Gasteiger partial charge in [-0.1, -0.05) is 17.8 Å². The minimum Gasteiger partial charge on any atom is -0.322 e. The molecular formula is C20H13F2N3O2S. The Morgan fingerprint density at radius 3 is 2.61 bits per heavy atom. The quantitative estimate of drug-likeness (QED) is 0.698. The van der Waals surface area contributed by atoms with Crippen molar-refractivity contribution in [1.82, 2.24) is 4.98 Å². The van der Waals surface area contributed by atoms with Crippen molar-refractivity contribution in [2.75, 3.05) is 17.3 Å². The minimum atomic E-state index is -0.958. The predicted molar refractivity (Wildman–Crippen MR) is 102 cm³/mol. The zero-order chi connectivity index (χ0) is 19.8. The molecule has 3 aromatic rings. The number of carbonyl (C=O) groups excluding carboxylic acids is 2. The number of pyridine rings is 1. The van der Waals surface area contributed by atoms with Crippen molar-refractivity contribution in [2.24, 2.45) is 0 Å². The second kappa shape index (κ2) is 7.05.